The smallest absolute Gasteiger partial charge is 0.272 e. The van der Waals surface area contributed by atoms with Crippen LogP contribution in [0.3, 0.4) is 0 Å². The highest BCUT2D eigenvalue weighted by Gasteiger charge is 2.18. The first-order valence-electron chi connectivity index (χ1n) is 9.56. The summed E-state index contributed by atoms with van der Waals surface area (Å²) in [6.45, 7) is 5.29. The lowest BCUT2D eigenvalue weighted by Crippen LogP contribution is -2.46. The van der Waals surface area contributed by atoms with Crippen LogP contribution in [0.25, 0.3) is 0 Å². The molecule has 0 aliphatic rings. The number of carbonyl (C=O) groups is 2. The van der Waals surface area contributed by atoms with Crippen molar-refractivity contribution >= 4 is 11.8 Å². The van der Waals surface area contributed by atoms with Crippen molar-refractivity contribution in [1.82, 2.24) is 10.4 Å². The molecule has 2 aromatic carbocycles. The number of unbranched alkanes of at least 4 members (excludes halogenated alkanes) is 2. The molecule has 0 unspecified atom stereocenters. The molecule has 0 spiro atoms. The zero-order valence-corrected chi connectivity index (χ0v) is 16.1. The van der Waals surface area contributed by atoms with Gasteiger partial charge < -0.3 is 4.74 Å². The lowest BCUT2D eigenvalue weighted by Gasteiger charge is -2.23. The minimum atomic E-state index is -0.310. The molecule has 5 heteroatoms. The highest BCUT2D eigenvalue weighted by Crippen LogP contribution is 2.13. The van der Waals surface area contributed by atoms with Gasteiger partial charge in [0.2, 0.25) is 0 Å². The topological polar surface area (TPSA) is 58.6 Å². The number of amides is 2. The normalized spacial score (nSPS) is 10.3. The Kier molecular flexibility index (Phi) is 8.36. The van der Waals surface area contributed by atoms with Gasteiger partial charge in [0.1, 0.15) is 5.75 Å². The van der Waals surface area contributed by atoms with Crippen LogP contribution in [0.5, 0.6) is 5.75 Å². The fourth-order valence-electron chi connectivity index (χ4n) is 2.49. The van der Waals surface area contributed by atoms with Crippen molar-refractivity contribution in [1.29, 1.82) is 0 Å². The van der Waals surface area contributed by atoms with Gasteiger partial charge in [0.05, 0.1) is 6.61 Å². The van der Waals surface area contributed by atoms with Gasteiger partial charge in [0.15, 0.2) is 0 Å². The minimum Gasteiger partial charge on any atom is -0.494 e. The van der Waals surface area contributed by atoms with Crippen LogP contribution < -0.4 is 10.2 Å². The quantitative estimate of drug-likeness (QED) is 0.525. The standard InChI is InChI=1S/C22H28N2O3/c1-3-5-16-24(22(26)19-10-8-7-9-11-19)23-21(25)18-12-14-20(15-13-18)27-17-6-4-2/h7-15H,3-6,16-17H2,1-2H3,(H,23,25). The molecule has 144 valence electrons. The molecule has 5 nitrogen and oxygen atoms in total. The van der Waals surface area contributed by atoms with Gasteiger partial charge in [-0.25, -0.2) is 5.01 Å². The molecule has 0 bridgehead atoms. The van der Waals surface area contributed by atoms with Crippen molar-refractivity contribution in [2.45, 2.75) is 39.5 Å². The molecule has 27 heavy (non-hydrogen) atoms. The second kappa shape index (κ2) is 11.0. The van der Waals surface area contributed by atoms with Gasteiger partial charge in [-0.1, -0.05) is 44.9 Å². The molecule has 2 rings (SSSR count). The van der Waals surface area contributed by atoms with Crippen LogP contribution in [0.1, 0.15) is 60.2 Å². The highest BCUT2D eigenvalue weighted by molar-refractivity contribution is 5.99. The summed E-state index contributed by atoms with van der Waals surface area (Å²) in [4.78, 5) is 25.3. The molecule has 0 aliphatic carbocycles. The van der Waals surface area contributed by atoms with Crippen LogP contribution in [-0.4, -0.2) is 30.0 Å². The van der Waals surface area contributed by atoms with E-state index in [4.69, 9.17) is 4.74 Å². The molecule has 2 aromatic rings. The molecule has 0 aromatic heterocycles. The monoisotopic (exact) mass is 368 g/mol. The number of nitrogens with zero attached hydrogens (tertiary/aromatic N) is 1. The summed E-state index contributed by atoms with van der Waals surface area (Å²) >= 11 is 0. The van der Waals surface area contributed by atoms with E-state index in [2.05, 4.69) is 12.3 Å². The maximum absolute atomic E-state index is 12.7. The highest BCUT2D eigenvalue weighted by atomic mass is 16.5. The Bertz CT molecular complexity index is 714. The molecule has 0 fully saturated rings. The van der Waals surface area contributed by atoms with Gasteiger partial charge in [0.25, 0.3) is 11.8 Å². The molecule has 0 atom stereocenters. The Hall–Kier alpha value is -2.82. The average molecular weight is 368 g/mol. The SMILES string of the molecule is CCCCOc1ccc(C(=O)NN(CCCC)C(=O)c2ccccc2)cc1. The second-order valence-corrected chi connectivity index (χ2v) is 6.34. The summed E-state index contributed by atoms with van der Waals surface area (Å²) < 4.78 is 5.62. The fourth-order valence-corrected chi connectivity index (χ4v) is 2.49. The number of benzene rings is 2. The van der Waals surface area contributed by atoms with Crippen LogP contribution >= 0.6 is 0 Å². The second-order valence-electron chi connectivity index (χ2n) is 6.34. The van der Waals surface area contributed by atoms with E-state index < -0.39 is 0 Å². The Morgan fingerprint density at radius 3 is 2.19 bits per heavy atom. The third kappa shape index (κ3) is 6.44. The third-order valence-corrected chi connectivity index (χ3v) is 4.12. The minimum absolute atomic E-state index is 0.211. The molecular formula is C22H28N2O3. The molecule has 1 N–H and O–H groups in total. The lowest BCUT2D eigenvalue weighted by atomic mass is 10.2. The van der Waals surface area contributed by atoms with Crippen molar-refractivity contribution in [2.75, 3.05) is 13.2 Å². The molecule has 0 saturated heterocycles. The van der Waals surface area contributed by atoms with Gasteiger partial charge in [-0.15, -0.1) is 0 Å². The fraction of sp³-hybridized carbons (Fsp3) is 0.364. The van der Waals surface area contributed by atoms with Crippen LogP contribution in [0.15, 0.2) is 54.6 Å². The first-order chi connectivity index (χ1) is 13.2. The van der Waals surface area contributed by atoms with Crippen LogP contribution in [0.2, 0.25) is 0 Å². The predicted octanol–water partition coefficient (Wildman–Crippen LogP) is 4.45. The van der Waals surface area contributed by atoms with Crippen molar-refractivity contribution in [3.05, 3.63) is 65.7 Å². The average Bonchev–Trinajstić information content (AvgIpc) is 2.71. The number of hydrogen-bond acceptors (Lipinski definition) is 3. The van der Waals surface area contributed by atoms with Gasteiger partial charge in [-0.2, -0.15) is 0 Å². The van der Waals surface area contributed by atoms with E-state index in [1.165, 1.54) is 5.01 Å². The summed E-state index contributed by atoms with van der Waals surface area (Å²) in [6.07, 6.45) is 3.81. The Balaban J connectivity index is 2.03. The number of ether oxygens (including phenoxy) is 1. The number of hydrogen-bond donors (Lipinski definition) is 1. The summed E-state index contributed by atoms with van der Waals surface area (Å²) in [5.41, 5.74) is 3.78. The lowest BCUT2D eigenvalue weighted by molar-refractivity contribution is 0.0580. The van der Waals surface area contributed by atoms with E-state index >= 15 is 0 Å². The predicted molar refractivity (Wildman–Crippen MR) is 107 cm³/mol. The van der Waals surface area contributed by atoms with Crippen LogP contribution in [-0.2, 0) is 0 Å². The third-order valence-electron chi connectivity index (χ3n) is 4.12. The number of carbonyl (C=O) groups excluding carboxylic acids is 2. The summed E-state index contributed by atoms with van der Waals surface area (Å²) in [5.74, 6) is 0.218. The van der Waals surface area contributed by atoms with Gasteiger partial charge >= 0.3 is 0 Å². The summed E-state index contributed by atoms with van der Waals surface area (Å²) in [5, 5.41) is 1.40. The molecule has 0 aliphatic heterocycles. The van der Waals surface area contributed by atoms with Crippen LogP contribution in [0.4, 0.5) is 0 Å². The summed E-state index contributed by atoms with van der Waals surface area (Å²) in [7, 11) is 0. The van der Waals surface area contributed by atoms with Crippen molar-refractivity contribution in [2.24, 2.45) is 0 Å². The summed E-state index contributed by atoms with van der Waals surface area (Å²) in [6, 6.07) is 15.9. The molecular weight excluding hydrogens is 340 g/mol. The molecule has 0 saturated carbocycles. The Morgan fingerprint density at radius 1 is 0.889 bits per heavy atom. The first-order valence-corrected chi connectivity index (χ1v) is 9.56. The Morgan fingerprint density at radius 2 is 1.56 bits per heavy atom. The zero-order chi connectivity index (χ0) is 19.5. The Labute approximate surface area is 161 Å². The van der Waals surface area contributed by atoms with Gasteiger partial charge in [0, 0.05) is 17.7 Å². The number of rotatable bonds is 9. The van der Waals surface area contributed by atoms with E-state index in [-0.39, 0.29) is 11.8 Å². The van der Waals surface area contributed by atoms with E-state index in [0.29, 0.717) is 24.3 Å². The molecule has 2 amide bonds. The van der Waals surface area contributed by atoms with Gasteiger partial charge in [-0.05, 0) is 49.2 Å². The van der Waals surface area contributed by atoms with E-state index in [1.807, 2.05) is 25.1 Å². The van der Waals surface area contributed by atoms with Gasteiger partial charge in [-0.3, -0.25) is 15.0 Å². The largest absolute Gasteiger partial charge is 0.494 e. The van der Waals surface area contributed by atoms with Crippen molar-refractivity contribution < 1.29 is 14.3 Å². The first kappa shape index (κ1) is 20.5. The van der Waals surface area contributed by atoms with Crippen LogP contribution in [0, 0.1) is 0 Å². The van der Waals surface area contributed by atoms with E-state index in [0.717, 1.165) is 31.4 Å². The number of nitrogens with one attached hydrogen (secondary N) is 1. The molecule has 0 radical (unpaired) electrons. The zero-order valence-electron chi connectivity index (χ0n) is 16.1. The van der Waals surface area contributed by atoms with E-state index in [9.17, 15) is 9.59 Å². The molecule has 0 heterocycles. The van der Waals surface area contributed by atoms with E-state index in [1.54, 1.807) is 36.4 Å². The van der Waals surface area contributed by atoms with Crippen molar-refractivity contribution in [3.8, 4) is 5.75 Å². The maximum atomic E-state index is 12.7. The van der Waals surface area contributed by atoms with Crippen molar-refractivity contribution in [3.63, 3.8) is 0 Å². The maximum Gasteiger partial charge on any atom is 0.272 e. The number of hydrazine groups is 1.